The second-order valence-electron chi connectivity index (χ2n) is 7.02. The number of allylic oxidation sites excluding steroid dienone is 4. The van der Waals surface area contributed by atoms with Crippen LogP contribution in [0.25, 0.3) is 49.4 Å². The van der Waals surface area contributed by atoms with Gasteiger partial charge in [-0.2, -0.15) is 0 Å². The molecule has 2 heterocycles. The van der Waals surface area contributed by atoms with E-state index in [-0.39, 0.29) is 0 Å². The Balaban J connectivity index is 1.94. The molecule has 0 aliphatic heterocycles. The summed E-state index contributed by atoms with van der Waals surface area (Å²) in [5.74, 6) is 0. The predicted octanol–water partition coefficient (Wildman–Crippen LogP) is 7.65. The zero-order valence-corrected chi connectivity index (χ0v) is 16.2. The first kappa shape index (κ1) is 15.3. The van der Waals surface area contributed by atoms with Gasteiger partial charge in [0.1, 0.15) is 5.58 Å². The normalized spacial score (nSPS) is 14.6. The SMILES string of the molecule is Brc1cc2c3ccccc3n(C3=CCCC=C3)c2c2c1oc1ccccc12. The highest BCUT2D eigenvalue weighted by atomic mass is 79.9. The summed E-state index contributed by atoms with van der Waals surface area (Å²) in [6.07, 6.45) is 9.02. The van der Waals surface area contributed by atoms with E-state index in [9.17, 15) is 0 Å². The van der Waals surface area contributed by atoms with E-state index in [2.05, 4.69) is 81.2 Å². The lowest BCUT2D eigenvalue weighted by Gasteiger charge is -2.12. The Morgan fingerprint density at radius 1 is 0.889 bits per heavy atom. The molecule has 2 aromatic heterocycles. The first-order valence-corrected chi connectivity index (χ1v) is 10.0. The summed E-state index contributed by atoms with van der Waals surface area (Å²) in [6, 6.07) is 19.1. The average Bonchev–Trinajstić information content (AvgIpc) is 3.25. The summed E-state index contributed by atoms with van der Waals surface area (Å²) in [4.78, 5) is 0. The molecule has 0 unspecified atom stereocenters. The molecule has 0 radical (unpaired) electrons. The number of furan rings is 1. The number of halogens is 1. The van der Waals surface area contributed by atoms with E-state index in [1.54, 1.807) is 0 Å². The Morgan fingerprint density at radius 3 is 2.56 bits per heavy atom. The maximum atomic E-state index is 6.23. The molecule has 5 aromatic rings. The molecule has 0 fully saturated rings. The third kappa shape index (κ3) is 2.06. The summed E-state index contributed by atoms with van der Waals surface area (Å²) in [7, 11) is 0. The Kier molecular flexibility index (Phi) is 3.18. The zero-order valence-electron chi connectivity index (χ0n) is 14.6. The fourth-order valence-electron chi connectivity index (χ4n) is 4.33. The molecular formula is C24H16BrNO. The number of para-hydroxylation sites is 2. The number of nitrogens with zero attached hydrogens (tertiary/aromatic N) is 1. The molecule has 1 aliphatic rings. The van der Waals surface area contributed by atoms with Gasteiger partial charge in [-0.05, 0) is 53.0 Å². The molecule has 130 valence electrons. The Hall–Kier alpha value is -2.78. The Bertz CT molecular complexity index is 1430. The molecule has 0 amide bonds. The molecule has 2 nitrogen and oxygen atoms in total. The van der Waals surface area contributed by atoms with E-state index < -0.39 is 0 Å². The van der Waals surface area contributed by atoms with E-state index >= 15 is 0 Å². The van der Waals surface area contributed by atoms with Crippen LogP contribution in [-0.2, 0) is 0 Å². The van der Waals surface area contributed by atoms with E-state index in [4.69, 9.17) is 4.42 Å². The maximum Gasteiger partial charge on any atom is 0.151 e. The quantitative estimate of drug-likeness (QED) is 0.276. The zero-order chi connectivity index (χ0) is 18.0. The summed E-state index contributed by atoms with van der Waals surface area (Å²) >= 11 is 3.76. The summed E-state index contributed by atoms with van der Waals surface area (Å²) in [5, 5.41) is 4.84. The third-order valence-electron chi connectivity index (χ3n) is 5.47. The number of hydrogen-bond acceptors (Lipinski definition) is 1. The van der Waals surface area contributed by atoms with Crippen molar-refractivity contribution < 1.29 is 4.42 Å². The smallest absolute Gasteiger partial charge is 0.151 e. The molecule has 3 aromatic carbocycles. The van der Waals surface area contributed by atoms with Crippen molar-refractivity contribution in [3.63, 3.8) is 0 Å². The summed E-state index contributed by atoms with van der Waals surface area (Å²) in [6.45, 7) is 0. The van der Waals surface area contributed by atoms with Crippen molar-refractivity contribution in [2.75, 3.05) is 0 Å². The van der Waals surface area contributed by atoms with Crippen LogP contribution in [0.5, 0.6) is 0 Å². The minimum atomic E-state index is 0.910. The van der Waals surface area contributed by atoms with Crippen molar-refractivity contribution in [1.29, 1.82) is 0 Å². The first-order chi connectivity index (χ1) is 13.3. The van der Waals surface area contributed by atoms with Crippen LogP contribution in [0.4, 0.5) is 0 Å². The van der Waals surface area contributed by atoms with E-state index in [0.717, 1.165) is 33.9 Å². The molecule has 0 bridgehead atoms. The van der Waals surface area contributed by atoms with E-state index in [0.29, 0.717) is 0 Å². The number of fused-ring (bicyclic) bond motifs is 7. The molecule has 0 N–H and O–H groups in total. The van der Waals surface area contributed by atoms with Gasteiger partial charge in [-0.3, -0.25) is 0 Å². The van der Waals surface area contributed by atoms with Crippen LogP contribution in [0.15, 0.2) is 81.7 Å². The molecule has 6 rings (SSSR count). The molecule has 1 aliphatic carbocycles. The monoisotopic (exact) mass is 413 g/mol. The van der Waals surface area contributed by atoms with Gasteiger partial charge in [0.25, 0.3) is 0 Å². The van der Waals surface area contributed by atoms with Crippen molar-refractivity contribution in [3.05, 3.63) is 77.3 Å². The third-order valence-corrected chi connectivity index (χ3v) is 6.06. The van der Waals surface area contributed by atoms with E-state index in [1.807, 2.05) is 12.1 Å². The van der Waals surface area contributed by atoms with Crippen LogP contribution in [0, 0.1) is 0 Å². The number of aromatic nitrogens is 1. The number of hydrogen-bond donors (Lipinski definition) is 0. The largest absolute Gasteiger partial charge is 0.455 e. The van der Waals surface area contributed by atoms with Crippen LogP contribution >= 0.6 is 15.9 Å². The van der Waals surface area contributed by atoms with E-state index in [1.165, 1.54) is 32.9 Å². The Labute approximate surface area is 164 Å². The van der Waals surface area contributed by atoms with Gasteiger partial charge in [-0.15, -0.1) is 0 Å². The van der Waals surface area contributed by atoms with Gasteiger partial charge < -0.3 is 8.98 Å². The molecule has 0 saturated heterocycles. The molecular weight excluding hydrogens is 398 g/mol. The van der Waals surface area contributed by atoms with Crippen molar-refractivity contribution in [2.24, 2.45) is 0 Å². The van der Waals surface area contributed by atoms with Crippen LogP contribution in [-0.4, -0.2) is 4.57 Å². The van der Waals surface area contributed by atoms with Gasteiger partial charge in [0, 0.05) is 21.9 Å². The maximum absolute atomic E-state index is 6.23. The van der Waals surface area contributed by atoms with Gasteiger partial charge >= 0.3 is 0 Å². The fourth-order valence-corrected chi connectivity index (χ4v) is 4.84. The summed E-state index contributed by atoms with van der Waals surface area (Å²) < 4.78 is 9.63. The van der Waals surface area contributed by atoms with Gasteiger partial charge in [-0.25, -0.2) is 0 Å². The number of benzene rings is 3. The minimum absolute atomic E-state index is 0.910. The molecule has 27 heavy (non-hydrogen) atoms. The van der Waals surface area contributed by atoms with Gasteiger partial charge in [-0.1, -0.05) is 48.6 Å². The highest BCUT2D eigenvalue weighted by Crippen LogP contribution is 2.44. The van der Waals surface area contributed by atoms with Crippen molar-refractivity contribution in [2.45, 2.75) is 12.8 Å². The minimum Gasteiger partial charge on any atom is -0.455 e. The highest BCUT2D eigenvalue weighted by Gasteiger charge is 2.21. The lowest BCUT2D eigenvalue weighted by Crippen LogP contribution is -1.97. The van der Waals surface area contributed by atoms with Crippen LogP contribution in [0.3, 0.4) is 0 Å². The molecule has 0 atom stereocenters. The predicted molar refractivity (Wildman–Crippen MR) is 117 cm³/mol. The standard InChI is InChI=1S/C24H16BrNO/c25-19-14-18-16-10-4-6-12-20(16)26(15-8-2-1-3-9-15)23(18)22-17-11-5-7-13-21(17)27-24(19)22/h2,4-14H,1,3H2. The Morgan fingerprint density at radius 2 is 1.70 bits per heavy atom. The molecule has 0 spiro atoms. The average molecular weight is 414 g/mol. The second kappa shape index (κ2) is 5.61. The topological polar surface area (TPSA) is 18.1 Å². The lowest BCUT2D eigenvalue weighted by molar-refractivity contribution is 0.667. The number of rotatable bonds is 1. The van der Waals surface area contributed by atoms with Crippen molar-refractivity contribution >= 4 is 65.4 Å². The van der Waals surface area contributed by atoms with Crippen LogP contribution in [0.1, 0.15) is 12.8 Å². The summed E-state index contributed by atoms with van der Waals surface area (Å²) in [5.41, 5.74) is 5.52. The van der Waals surface area contributed by atoms with Crippen molar-refractivity contribution in [1.82, 2.24) is 4.57 Å². The fraction of sp³-hybridized carbons (Fsp3) is 0.0833. The van der Waals surface area contributed by atoms with Gasteiger partial charge in [0.2, 0.25) is 0 Å². The van der Waals surface area contributed by atoms with Crippen LogP contribution < -0.4 is 0 Å². The van der Waals surface area contributed by atoms with Crippen LogP contribution in [0.2, 0.25) is 0 Å². The first-order valence-electron chi connectivity index (χ1n) is 9.23. The molecule has 0 saturated carbocycles. The van der Waals surface area contributed by atoms with Gasteiger partial charge in [0.15, 0.2) is 5.58 Å². The lowest BCUT2D eigenvalue weighted by atomic mass is 10.1. The van der Waals surface area contributed by atoms with Crippen molar-refractivity contribution in [3.8, 4) is 0 Å². The molecule has 3 heteroatoms. The second-order valence-corrected chi connectivity index (χ2v) is 7.87. The van der Waals surface area contributed by atoms with Gasteiger partial charge in [0.05, 0.1) is 20.9 Å². The highest BCUT2D eigenvalue weighted by molar-refractivity contribution is 9.10.